The maximum atomic E-state index is 11.7. The van der Waals surface area contributed by atoms with E-state index < -0.39 is 0 Å². The van der Waals surface area contributed by atoms with Crippen molar-refractivity contribution >= 4 is 30.1 Å². The number of hydrogen-bond donors (Lipinski definition) is 2. The molecule has 19 heavy (non-hydrogen) atoms. The molecular weight excluding hydrogens is 282 g/mol. The van der Waals surface area contributed by atoms with Gasteiger partial charge < -0.3 is 5.32 Å². The van der Waals surface area contributed by atoms with Crippen LogP contribution < -0.4 is 5.32 Å². The molecule has 0 bridgehead atoms. The second-order valence-electron chi connectivity index (χ2n) is 4.00. The number of nitrogens with one attached hydrogen (secondary N) is 1. The Morgan fingerprint density at radius 1 is 1.42 bits per heavy atom. The Hall–Kier alpha value is -1.46. The molecule has 0 aliphatic rings. The van der Waals surface area contributed by atoms with Crippen molar-refractivity contribution in [3.05, 3.63) is 52.8 Å². The fourth-order valence-corrected chi connectivity index (χ4v) is 1.95. The molecule has 0 saturated carbocycles. The van der Waals surface area contributed by atoms with Crippen LogP contribution in [-0.2, 0) is 6.54 Å². The third-order valence-corrected chi connectivity index (χ3v) is 3.18. The molecule has 1 aromatic carbocycles. The highest BCUT2D eigenvalue weighted by Crippen LogP contribution is 2.16. The molecule has 6 heteroatoms. The summed E-state index contributed by atoms with van der Waals surface area (Å²) >= 11 is 10.1. The average Bonchev–Trinajstić information content (AvgIpc) is 2.87. The quantitative estimate of drug-likeness (QED) is 0.831. The fraction of sp³-hybridized carbons (Fsp3) is 0.231. The number of nitrogens with zero attached hydrogens (tertiary/aromatic N) is 2. The summed E-state index contributed by atoms with van der Waals surface area (Å²) in [6.45, 7) is 1.08. The topological polar surface area (TPSA) is 46.9 Å². The third-order valence-electron chi connectivity index (χ3n) is 2.58. The lowest BCUT2D eigenvalue weighted by Crippen LogP contribution is -2.24. The lowest BCUT2D eigenvalue weighted by Gasteiger charge is -2.03. The van der Waals surface area contributed by atoms with Crippen LogP contribution in [0.25, 0.3) is 0 Å². The largest absolute Gasteiger partial charge is 0.351 e. The first-order valence-electron chi connectivity index (χ1n) is 5.85. The van der Waals surface area contributed by atoms with E-state index in [1.807, 2.05) is 24.3 Å². The summed E-state index contributed by atoms with van der Waals surface area (Å²) in [5.41, 5.74) is 1.50. The van der Waals surface area contributed by atoms with E-state index in [1.54, 1.807) is 17.1 Å². The molecule has 0 aliphatic carbocycles. The van der Waals surface area contributed by atoms with Gasteiger partial charge in [0, 0.05) is 23.5 Å². The number of carbonyl (C=O) groups excluding carboxylic acids is 1. The van der Waals surface area contributed by atoms with E-state index in [-0.39, 0.29) is 5.91 Å². The molecule has 4 nitrogen and oxygen atoms in total. The predicted octanol–water partition coefficient (Wildman–Crippen LogP) is 2.24. The Morgan fingerprint density at radius 2 is 2.21 bits per heavy atom. The average molecular weight is 296 g/mol. The van der Waals surface area contributed by atoms with Gasteiger partial charge in [-0.2, -0.15) is 17.7 Å². The molecule has 1 heterocycles. The van der Waals surface area contributed by atoms with Crippen molar-refractivity contribution in [3.8, 4) is 0 Å². The molecule has 1 amide bonds. The van der Waals surface area contributed by atoms with Gasteiger partial charge in [0.25, 0.3) is 5.91 Å². The van der Waals surface area contributed by atoms with Crippen molar-refractivity contribution in [2.24, 2.45) is 0 Å². The fourth-order valence-electron chi connectivity index (χ4n) is 1.64. The highest BCUT2D eigenvalue weighted by molar-refractivity contribution is 7.80. The minimum Gasteiger partial charge on any atom is -0.351 e. The lowest BCUT2D eigenvalue weighted by atomic mass is 10.2. The van der Waals surface area contributed by atoms with Crippen LogP contribution in [0.5, 0.6) is 0 Å². The number of carbonyl (C=O) groups is 1. The molecule has 0 spiro atoms. The van der Waals surface area contributed by atoms with E-state index in [0.717, 1.165) is 5.56 Å². The Bertz CT molecular complexity index is 571. The monoisotopic (exact) mass is 295 g/mol. The van der Waals surface area contributed by atoms with Crippen molar-refractivity contribution in [2.75, 3.05) is 12.3 Å². The molecule has 1 aromatic heterocycles. The van der Waals surface area contributed by atoms with E-state index in [2.05, 4.69) is 23.0 Å². The summed E-state index contributed by atoms with van der Waals surface area (Å²) in [7, 11) is 0. The molecule has 0 unspecified atom stereocenters. The standard InChI is InChI=1S/C13H14ClN3OS/c14-12-4-2-1-3-10(12)8-17-9-11(7-16-17)13(18)15-5-6-19/h1-4,7,9,19H,5-6,8H2,(H,15,18). The van der Waals surface area contributed by atoms with Crippen molar-refractivity contribution < 1.29 is 4.79 Å². The number of amides is 1. The number of thiol groups is 1. The SMILES string of the molecule is O=C(NCCS)c1cnn(Cc2ccccc2Cl)c1. The first-order chi connectivity index (χ1) is 9.20. The van der Waals surface area contributed by atoms with Crippen LogP contribution in [-0.4, -0.2) is 28.0 Å². The van der Waals surface area contributed by atoms with Crippen LogP contribution in [0.15, 0.2) is 36.7 Å². The van der Waals surface area contributed by atoms with Gasteiger partial charge in [-0.1, -0.05) is 29.8 Å². The molecule has 2 rings (SSSR count). The van der Waals surface area contributed by atoms with Gasteiger partial charge in [0.05, 0.1) is 18.3 Å². The van der Waals surface area contributed by atoms with Gasteiger partial charge in [-0.3, -0.25) is 9.48 Å². The van der Waals surface area contributed by atoms with Crippen LogP contribution in [0.3, 0.4) is 0 Å². The molecule has 0 atom stereocenters. The van der Waals surface area contributed by atoms with E-state index in [9.17, 15) is 4.79 Å². The summed E-state index contributed by atoms with van der Waals surface area (Å²) in [4.78, 5) is 11.7. The Morgan fingerprint density at radius 3 is 2.95 bits per heavy atom. The van der Waals surface area contributed by atoms with Gasteiger partial charge in [-0.05, 0) is 11.6 Å². The summed E-state index contributed by atoms with van der Waals surface area (Å²) < 4.78 is 1.69. The van der Waals surface area contributed by atoms with Gasteiger partial charge >= 0.3 is 0 Å². The van der Waals surface area contributed by atoms with Crippen LogP contribution >= 0.6 is 24.2 Å². The second-order valence-corrected chi connectivity index (χ2v) is 4.85. The van der Waals surface area contributed by atoms with Crippen molar-refractivity contribution in [1.29, 1.82) is 0 Å². The predicted molar refractivity (Wildman–Crippen MR) is 79.0 cm³/mol. The van der Waals surface area contributed by atoms with Crippen LogP contribution in [0.4, 0.5) is 0 Å². The summed E-state index contributed by atoms with van der Waals surface area (Å²) in [5.74, 6) is 0.471. The number of benzene rings is 1. The molecule has 2 aromatic rings. The molecule has 0 saturated heterocycles. The van der Waals surface area contributed by atoms with Gasteiger partial charge in [0.2, 0.25) is 0 Å². The van der Waals surface area contributed by atoms with E-state index in [0.29, 0.717) is 29.4 Å². The molecule has 100 valence electrons. The van der Waals surface area contributed by atoms with Gasteiger partial charge in [-0.15, -0.1) is 0 Å². The van der Waals surface area contributed by atoms with E-state index in [4.69, 9.17) is 11.6 Å². The van der Waals surface area contributed by atoms with Crippen LogP contribution in [0.1, 0.15) is 15.9 Å². The van der Waals surface area contributed by atoms with Crippen molar-refractivity contribution in [2.45, 2.75) is 6.54 Å². The minimum absolute atomic E-state index is 0.139. The van der Waals surface area contributed by atoms with Crippen LogP contribution in [0, 0.1) is 0 Å². The smallest absolute Gasteiger partial charge is 0.254 e. The first kappa shape index (κ1) is 14.0. The number of aromatic nitrogens is 2. The number of hydrogen-bond acceptors (Lipinski definition) is 3. The molecule has 0 fully saturated rings. The number of rotatable bonds is 5. The Labute approximate surface area is 122 Å². The van der Waals surface area contributed by atoms with Gasteiger partial charge in [-0.25, -0.2) is 0 Å². The zero-order valence-corrected chi connectivity index (χ0v) is 11.9. The van der Waals surface area contributed by atoms with E-state index >= 15 is 0 Å². The third kappa shape index (κ3) is 3.75. The Kier molecular flexibility index (Phi) is 4.87. The highest BCUT2D eigenvalue weighted by Gasteiger charge is 2.08. The maximum absolute atomic E-state index is 11.7. The molecule has 0 radical (unpaired) electrons. The zero-order chi connectivity index (χ0) is 13.7. The maximum Gasteiger partial charge on any atom is 0.254 e. The Balaban J connectivity index is 2.05. The van der Waals surface area contributed by atoms with E-state index in [1.165, 1.54) is 0 Å². The highest BCUT2D eigenvalue weighted by atomic mass is 35.5. The van der Waals surface area contributed by atoms with Gasteiger partial charge in [0.1, 0.15) is 0 Å². The van der Waals surface area contributed by atoms with Crippen molar-refractivity contribution in [1.82, 2.24) is 15.1 Å². The molecular formula is C13H14ClN3OS. The zero-order valence-electron chi connectivity index (χ0n) is 10.2. The molecule has 0 aliphatic heterocycles. The summed E-state index contributed by atoms with van der Waals surface area (Å²) in [5, 5.41) is 7.60. The van der Waals surface area contributed by atoms with Crippen molar-refractivity contribution in [3.63, 3.8) is 0 Å². The normalized spacial score (nSPS) is 10.4. The summed E-state index contributed by atoms with van der Waals surface area (Å²) in [6, 6.07) is 7.57. The molecule has 1 N–H and O–H groups in total. The minimum atomic E-state index is -0.139. The first-order valence-corrected chi connectivity index (χ1v) is 6.86. The lowest BCUT2D eigenvalue weighted by molar-refractivity contribution is 0.0956. The van der Waals surface area contributed by atoms with Gasteiger partial charge in [0.15, 0.2) is 0 Å². The van der Waals surface area contributed by atoms with Crippen LogP contribution in [0.2, 0.25) is 5.02 Å². The second kappa shape index (κ2) is 6.63. The summed E-state index contributed by atoms with van der Waals surface area (Å²) in [6.07, 6.45) is 3.25. The number of halogens is 1.